The summed E-state index contributed by atoms with van der Waals surface area (Å²) in [5.74, 6) is 1.94. The monoisotopic (exact) mass is 395 g/mol. The van der Waals surface area contributed by atoms with Crippen LogP contribution in [0.3, 0.4) is 0 Å². The molecule has 6 heteroatoms. The summed E-state index contributed by atoms with van der Waals surface area (Å²) in [6.07, 6.45) is 7.48. The smallest absolute Gasteiger partial charge is 0.225 e. The van der Waals surface area contributed by atoms with E-state index in [2.05, 4.69) is 49.8 Å². The first kappa shape index (κ1) is 20.1. The minimum atomic E-state index is 0.797. The van der Waals surface area contributed by atoms with Gasteiger partial charge >= 0.3 is 0 Å². The van der Waals surface area contributed by atoms with Crippen LogP contribution in [0.2, 0.25) is 0 Å². The van der Waals surface area contributed by atoms with Gasteiger partial charge in [-0.3, -0.25) is 9.80 Å². The van der Waals surface area contributed by atoms with Crippen molar-refractivity contribution in [3.63, 3.8) is 0 Å². The number of nitrogens with zero attached hydrogens (tertiary/aromatic N) is 5. The van der Waals surface area contributed by atoms with Gasteiger partial charge in [-0.2, -0.15) is 0 Å². The fraction of sp³-hybridized carbons (Fsp3) is 0.565. The first-order chi connectivity index (χ1) is 14.3. The highest BCUT2D eigenvalue weighted by Gasteiger charge is 2.18. The lowest BCUT2D eigenvalue weighted by Gasteiger charge is -2.34. The maximum absolute atomic E-state index is 5.95. The third kappa shape index (κ3) is 5.67. The Labute approximate surface area is 174 Å². The van der Waals surface area contributed by atoms with Crippen molar-refractivity contribution >= 4 is 5.95 Å². The Morgan fingerprint density at radius 3 is 2.45 bits per heavy atom. The molecule has 0 amide bonds. The Morgan fingerprint density at radius 1 is 0.897 bits per heavy atom. The highest BCUT2D eigenvalue weighted by Crippen LogP contribution is 2.24. The number of benzene rings is 1. The molecule has 29 heavy (non-hydrogen) atoms. The van der Waals surface area contributed by atoms with E-state index in [9.17, 15) is 0 Å². The molecule has 0 atom stereocenters. The van der Waals surface area contributed by atoms with E-state index >= 15 is 0 Å². The number of hydrogen-bond donors (Lipinski definition) is 0. The zero-order valence-corrected chi connectivity index (χ0v) is 17.6. The highest BCUT2D eigenvalue weighted by molar-refractivity contribution is 5.37. The highest BCUT2D eigenvalue weighted by atomic mass is 16.5. The molecule has 1 fully saturated rings. The minimum absolute atomic E-state index is 0.797. The van der Waals surface area contributed by atoms with E-state index in [-0.39, 0.29) is 0 Å². The van der Waals surface area contributed by atoms with Gasteiger partial charge in [0.15, 0.2) is 0 Å². The van der Waals surface area contributed by atoms with Gasteiger partial charge in [-0.15, -0.1) is 0 Å². The molecular formula is C23H33N5O. The van der Waals surface area contributed by atoms with E-state index in [1.54, 1.807) is 0 Å². The van der Waals surface area contributed by atoms with Gasteiger partial charge in [-0.05, 0) is 50.6 Å². The van der Waals surface area contributed by atoms with E-state index in [4.69, 9.17) is 4.74 Å². The molecule has 0 unspecified atom stereocenters. The van der Waals surface area contributed by atoms with Gasteiger partial charge in [0.05, 0.1) is 0 Å². The molecule has 0 aliphatic carbocycles. The molecule has 0 N–H and O–H groups in total. The molecule has 1 saturated heterocycles. The molecule has 1 aromatic heterocycles. The van der Waals surface area contributed by atoms with Gasteiger partial charge in [0.25, 0.3) is 0 Å². The number of anilines is 1. The van der Waals surface area contributed by atoms with Crippen LogP contribution >= 0.6 is 0 Å². The molecule has 4 rings (SSSR count). The van der Waals surface area contributed by atoms with Crippen molar-refractivity contribution < 1.29 is 4.74 Å². The third-order valence-corrected chi connectivity index (χ3v) is 5.94. The van der Waals surface area contributed by atoms with Crippen LogP contribution in [0.25, 0.3) is 0 Å². The molecule has 1 aromatic carbocycles. The summed E-state index contributed by atoms with van der Waals surface area (Å²) in [6, 6.07) is 8.46. The summed E-state index contributed by atoms with van der Waals surface area (Å²) in [5, 5.41) is 0. The fourth-order valence-electron chi connectivity index (χ4n) is 4.20. The first-order valence-electron chi connectivity index (χ1n) is 11.0. The largest absolute Gasteiger partial charge is 0.492 e. The van der Waals surface area contributed by atoms with Gasteiger partial charge in [-0.25, -0.2) is 9.97 Å². The van der Waals surface area contributed by atoms with E-state index in [0.29, 0.717) is 0 Å². The number of rotatable bonds is 7. The maximum Gasteiger partial charge on any atom is 0.225 e. The number of aryl methyl sites for hydroxylation is 1. The Morgan fingerprint density at radius 2 is 1.66 bits per heavy atom. The van der Waals surface area contributed by atoms with Gasteiger partial charge < -0.3 is 9.64 Å². The fourth-order valence-corrected chi connectivity index (χ4v) is 4.20. The topological polar surface area (TPSA) is 44.7 Å². The standard InChI is InChI=1S/C23H33N5O/c1-20-6-7-21-19-27(16-17-29-22(21)18-20)11-4-2-3-10-26-12-14-28(15-13-26)23-24-8-5-9-25-23/h5-9,18H,2-4,10-17,19H2,1H3. The van der Waals surface area contributed by atoms with E-state index < -0.39 is 0 Å². The van der Waals surface area contributed by atoms with Crippen LogP contribution in [0.15, 0.2) is 36.7 Å². The SMILES string of the molecule is Cc1ccc2c(c1)OCCN(CCCCCN1CCN(c3ncccn3)CC1)C2. The van der Waals surface area contributed by atoms with Gasteiger partial charge in [0.1, 0.15) is 12.4 Å². The van der Waals surface area contributed by atoms with Gasteiger partial charge in [0, 0.05) is 57.2 Å². The molecule has 2 aromatic rings. The molecule has 6 nitrogen and oxygen atoms in total. The second-order valence-electron chi connectivity index (χ2n) is 8.17. The van der Waals surface area contributed by atoms with E-state index in [1.807, 2.05) is 18.5 Å². The average molecular weight is 396 g/mol. The van der Waals surface area contributed by atoms with Crippen LogP contribution in [-0.2, 0) is 6.54 Å². The van der Waals surface area contributed by atoms with Crippen molar-refractivity contribution in [2.24, 2.45) is 0 Å². The lowest BCUT2D eigenvalue weighted by Crippen LogP contribution is -2.47. The third-order valence-electron chi connectivity index (χ3n) is 5.94. The Bertz CT molecular complexity index is 761. The summed E-state index contributed by atoms with van der Waals surface area (Å²) in [6.45, 7) is 11.6. The molecule has 0 saturated carbocycles. The predicted molar refractivity (Wildman–Crippen MR) is 116 cm³/mol. The zero-order chi connectivity index (χ0) is 19.9. The summed E-state index contributed by atoms with van der Waals surface area (Å²) < 4.78 is 5.95. The first-order valence-corrected chi connectivity index (χ1v) is 11.0. The van der Waals surface area contributed by atoms with E-state index in [1.165, 1.54) is 36.9 Å². The summed E-state index contributed by atoms with van der Waals surface area (Å²) in [5.41, 5.74) is 2.60. The van der Waals surface area contributed by atoms with Crippen LogP contribution in [0, 0.1) is 6.92 Å². The van der Waals surface area contributed by atoms with Crippen molar-refractivity contribution in [3.8, 4) is 5.75 Å². The maximum atomic E-state index is 5.95. The lowest BCUT2D eigenvalue weighted by molar-refractivity contribution is 0.217. The van der Waals surface area contributed by atoms with Crippen LogP contribution in [-0.4, -0.2) is 72.2 Å². The average Bonchev–Trinajstić information content (AvgIpc) is 2.96. The Kier molecular flexibility index (Phi) is 6.96. The molecule has 0 bridgehead atoms. The molecule has 2 aliphatic rings. The second-order valence-corrected chi connectivity index (χ2v) is 8.17. The molecule has 0 spiro atoms. The molecular weight excluding hydrogens is 362 g/mol. The van der Waals surface area contributed by atoms with Gasteiger partial charge in [0.2, 0.25) is 5.95 Å². The quantitative estimate of drug-likeness (QED) is 0.672. The van der Waals surface area contributed by atoms with Crippen molar-refractivity contribution in [1.82, 2.24) is 19.8 Å². The summed E-state index contributed by atoms with van der Waals surface area (Å²) >= 11 is 0. The summed E-state index contributed by atoms with van der Waals surface area (Å²) in [4.78, 5) is 16.1. The van der Waals surface area contributed by atoms with Crippen LogP contribution in [0.5, 0.6) is 5.75 Å². The molecule has 3 heterocycles. The van der Waals surface area contributed by atoms with Crippen molar-refractivity contribution in [3.05, 3.63) is 47.8 Å². The van der Waals surface area contributed by atoms with Crippen LogP contribution in [0.4, 0.5) is 5.95 Å². The predicted octanol–water partition coefficient (Wildman–Crippen LogP) is 2.97. The Hall–Kier alpha value is -2.18. The minimum Gasteiger partial charge on any atom is -0.492 e. The van der Waals surface area contributed by atoms with Crippen LogP contribution < -0.4 is 9.64 Å². The summed E-state index contributed by atoms with van der Waals surface area (Å²) in [7, 11) is 0. The van der Waals surface area contributed by atoms with Crippen molar-refractivity contribution in [2.75, 3.05) is 57.3 Å². The van der Waals surface area contributed by atoms with Crippen molar-refractivity contribution in [1.29, 1.82) is 0 Å². The zero-order valence-electron chi connectivity index (χ0n) is 17.6. The normalized spacial score (nSPS) is 18.2. The number of aromatic nitrogens is 2. The number of unbranched alkanes of at least 4 members (excludes halogenated alkanes) is 2. The van der Waals surface area contributed by atoms with Crippen LogP contribution in [0.1, 0.15) is 30.4 Å². The molecule has 2 aliphatic heterocycles. The van der Waals surface area contributed by atoms with Gasteiger partial charge in [-0.1, -0.05) is 18.6 Å². The number of ether oxygens (including phenoxy) is 1. The number of piperazine rings is 1. The lowest BCUT2D eigenvalue weighted by atomic mass is 10.1. The number of hydrogen-bond acceptors (Lipinski definition) is 6. The second kappa shape index (κ2) is 10.0. The number of fused-ring (bicyclic) bond motifs is 1. The van der Waals surface area contributed by atoms with Crippen molar-refractivity contribution in [2.45, 2.75) is 32.7 Å². The van der Waals surface area contributed by atoms with E-state index in [0.717, 1.165) is 64.1 Å². The Balaban J connectivity index is 1.12. The molecule has 156 valence electrons. The molecule has 0 radical (unpaired) electrons.